The van der Waals surface area contributed by atoms with E-state index < -0.39 is 6.10 Å². The highest BCUT2D eigenvalue weighted by molar-refractivity contribution is 5.96. The number of aryl methyl sites for hydroxylation is 1. The van der Waals surface area contributed by atoms with Crippen LogP contribution in [0.5, 0.6) is 0 Å². The summed E-state index contributed by atoms with van der Waals surface area (Å²) in [6, 6.07) is 12.8. The Morgan fingerprint density at radius 1 is 1.28 bits per heavy atom. The molecule has 32 heavy (non-hydrogen) atoms. The van der Waals surface area contributed by atoms with Gasteiger partial charge >= 0.3 is 0 Å². The molecular formula is C27H33N3O2. The number of para-hydroxylation sites is 1. The summed E-state index contributed by atoms with van der Waals surface area (Å²) in [5.74, 6) is 0.199. The fourth-order valence-electron chi connectivity index (χ4n) is 5.52. The summed E-state index contributed by atoms with van der Waals surface area (Å²) >= 11 is 0. The van der Waals surface area contributed by atoms with E-state index >= 15 is 0 Å². The largest absolute Gasteiger partial charge is 0.387 e. The number of anilines is 1. The summed E-state index contributed by atoms with van der Waals surface area (Å²) in [6.07, 6.45) is 2.74. The number of aliphatic hydroxyl groups is 1. The number of carbonyl (C=O) groups is 1. The van der Waals surface area contributed by atoms with Crippen LogP contribution >= 0.6 is 0 Å². The maximum atomic E-state index is 12.6. The molecule has 5 heteroatoms. The van der Waals surface area contributed by atoms with E-state index in [4.69, 9.17) is 0 Å². The summed E-state index contributed by atoms with van der Waals surface area (Å²) in [5.41, 5.74) is 8.37. The molecule has 2 aliphatic rings. The van der Waals surface area contributed by atoms with Crippen molar-refractivity contribution in [3.8, 4) is 0 Å². The lowest BCUT2D eigenvalue weighted by Gasteiger charge is -2.29. The van der Waals surface area contributed by atoms with Crippen molar-refractivity contribution in [1.82, 2.24) is 9.88 Å². The number of β-amino-alcohol motifs (C(OH)–C–C–N with tert-alkyl or cyclic N) is 1. The first-order chi connectivity index (χ1) is 15.5. The number of nitrogens with one attached hydrogen (secondary N) is 1. The van der Waals surface area contributed by atoms with Crippen LogP contribution in [0, 0.1) is 6.92 Å². The number of H-pyrrole nitrogens is 1. The Labute approximate surface area is 190 Å². The average Bonchev–Trinajstić information content (AvgIpc) is 3.31. The smallest absolute Gasteiger partial charge is 0.227 e. The third kappa shape index (κ3) is 3.63. The molecule has 0 saturated heterocycles. The molecule has 2 aromatic carbocycles. The number of carbonyl (C=O) groups excluding carboxylic acids is 1. The highest BCUT2D eigenvalue weighted by Crippen LogP contribution is 2.35. The maximum absolute atomic E-state index is 12.6. The van der Waals surface area contributed by atoms with Gasteiger partial charge in [-0.2, -0.15) is 0 Å². The normalized spacial score (nSPS) is 19.2. The first kappa shape index (κ1) is 21.2. The Morgan fingerprint density at radius 3 is 2.94 bits per heavy atom. The molecule has 2 N–H and O–H groups in total. The molecule has 3 heterocycles. The summed E-state index contributed by atoms with van der Waals surface area (Å²) in [4.78, 5) is 20.5. The summed E-state index contributed by atoms with van der Waals surface area (Å²) in [6.45, 7) is 8.72. The first-order valence-electron chi connectivity index (χ1n) is 11.9. The van der Waals surface area contributed by atoms with Gasteiger partial charge in [0, 0.05) is 60.8 Å². The zero-order valence-electron chi connectivity index (χ0n) is 19.3. The molecule has 0 bridgehead atoms. The second-order valence-electron chi connectivity index (χ2n) is 9.54. The Bertz CT molecular complexity index is 1170. The van der Waals surface area contributed by atoms with Crippen LogP contribution in [0.3, 0.4) is 0 Å². The van der Waals surface area contributed by atoms with Crippen LogP contribution in [0.1, 0.15) is 60.7 Å². The zero-order chi connectivity index (χ0) is 22.4. The van der Waals surface area contributed by atoms with Crippen LogP contribution in [0.2, 0.25) is 0 Å². The Morgan fingerprint density at radius 2 is 2.12 bits per heavy atom. The van der Waals surface area contributed by atoms with E-state index in [1.807, 2.05) is 24.0 Å². The van der Waals surface area contributed by atoms with Crippen LogP contribution in [0.15, 0.2) is 36.4 Å². The minimum atomic E-state index is -0.538. The van der Waals surface area contributed by atoms with Gasteiger partial charge in [0.15, 0.2) is 0 Å². The van der Waals surface area contributed by atoms with Crippen molar-refractivity contribution in [2.24, 2.45) is 0 Å². The number of aliphatic hydroxyl groups excluding tert-OH is 1. The van der Waals surface area contributed by atoms with Gasteiger partial charge in [-0.15, -0.1) is 0 Å². The molecular weight excluding hydrogens is 398 g/mol. The fraction of sp³-hybridized carbons (Fsp3) is 0.444. The Kier molecular flexibility index (Phi) is 5.56. The van der Waals surface area contributed by atoms with E-state index in [-0.39, 0.29) is 11.9 Å². The van der Waals surface area contributed by atoms with Gasteiger partial charge in [-0.25, -0.2) is 0 Å². The predicted octanol–water partition coefficient (Wildman–Crippen LogP) is 4.65. The first-order valence-corrected chi connectivity index (χ1v) is 11.9. The molecule has 1 amide bonds. The Hall–Kier alpha value is -2.63. The van der Waals surface area contributed by atoms with Gasteiger partial charge in [-0.1, -0.05) is 37.3 Å². The molecule has 1 aromatic heterocycles. The average molecular weight is 432 g/mol. The van der Waals surface area contributed by atoms with Crippen molar-refractivity contribution in [1.29, 1.82) is 0 Å². The van der Waals surface area contributed by atoms with E-state index in [0.29, 0.717) is 13.0 Å². The monoisotopic (exact) mass is 431 g/mol. The number of benzene rings is 2. The standard InChI is InChI=1S/C27H33N3O2/c1-4-6-26(32)30-18(3)13-20-14-19(9-10-24(20)30)25(31)16-29-12-11-23-22(15-29)21-8-5-7-17(2)27(21)28-23/h5,7-10,14,18,25,28,31H,4,6,11-13,15-16H2,1-3H3/t18-,25+/m0/s1. The predicted molar refractivity (Wildman–Crippen MR) is 129 cm³/mol. The summed E-state index contributed by atoms with van der Waals surface area (Å²) < 4.78 is 0. The van der Waals surface area contributed by atoms with Gasteiger partial charge in [-0.3, -0.25) is 9.69 Å². The number of amides is 1. The SMILES string of the molecule is CCCC(=O)N1c2ccc([C@H](O)CN3CCc4[nH]c5c(C)cccc5c4C3)cc2C[C@@H]1C. The van der Waals surface area contributed by atoms with Crippen LogP contribution in [-0.2, 0) is 24.2 Å². The number of nitrogens with zero attached hydrogens (tertiary/aromatic N) is 2. The molecule has 2 aliphatic heterocycles. The summed E-state index contributed by atoms with van der Waals surface area (Å²) in [7, 11) is 0. The Balaban J connectivity index is 1.32. The lowest BCUT2D eigenvalue weighted by atomic mass is 10.0. The molecule has 0 saturated carbocycles. The van der Waals surface area contributed by atoms with Crippen molar-refractivity contribution in [2.45, 2.75) is 65.1 Å². The molecule has 2 atom stereocenters. The van der Waals surface area contributed by atoms with Gasteiger partial charge in [0.2, 0.25) is 5.91 Å². The molecule has 0 unspecified atom stereocenters. The molecule has 0 fully saturated rings. The van der Waals surface area contributed by atoms with Crippen LogP contribution in [0.4, 0.5) is 5.69 Å². The number of hydrogen-bond acceptors (Lipinski definition) is 3. The third-order valence-corrected chi connectivity index (χ3v) is 7.17. The number of hydrogen-bond donors (Lipinski definition) is 2. The highest BCUT2D eigenvalue weighted by Gasteiger charge is 2.31. The van der Waals surface area contributed by atoms with Gasteiger partial charge in [-0.05, 0) is 55.0 Å². The second-order valence-corrected chi connectivity index (χ2v) is 9.54. The van der Waals surface area contributed by atoms with Gasteiger partial charge in [0.1, 0.15) is 0 Å². The van der Waals surface area contributed by atoms with Gasteiger partial charge < -0.3 is 15.0 Å². The van der Waals surface area contributed by atoms with Crippen LogP contribution < -0.4 is 4.90 Å². The number of fused-ring (bicyclic) bond motifs is 4. The number of rotatable bonds is 5. The van der Waals surface area contributed by atoms with E-state index in [9.17, 15) is 9.90 Å². The van der Waals surface area contributed by atoms with Crippen molar-refractivity contribution in [3.63, 3.8) is 0 Å². The maximum Gasteiger partial charge on any atom is 0.227 e. The minimum absolute atomic E-state index is 0.183. The van der Waals surface area contributed by atoms with Crippen LogP contribution in [0.25, 0.3) is 10.9 Å². The minimum Gasteiger partial charge on any atom is -0.387 e. The summed E-state index contributed by atoms with van der Waals surface area (Å²) in [5, 5.41) is 12.4. The van der Waals surface area contributed by atoms with E-state index in [0.717, 1.165) is 43.6 Å². The molecule has 5 nitrogen and oxygen atoms in total. The molecule has 5 rings (SSSR count). The molecule has 0 spiro atoms. The van der Waals surface area contributed by atoms with Gasteiger partial charge in [0.25, 0.3) is 0 Å². The number of aromatic amines is 1. The molecule has 0 aliphatic carbocycles. The van der Waals surface area contributed by atoms with E-state index in [1.54, 1.807) is 0 Å². The number of aromatic nitrogens is 1. The van der Waals surface area contributed by atoms with E-state index in [1.165, 1.54) is 33.3 Å². The van der Waals surface area contributed by atoms with Crippen LogP contribution in [-0.4, -0.2) is 40.0 Å². The molecule has 168 valence electrons. The molecule has 3 aromatic rings. The highest BCUT2D eigenvalue weighted by atomic mass is 16.3. The molecule has 0 radical (unpaired) electrons. The van der Waals surface area contributed by atoms with Gasteiger partial charge in [0.05, 0.1) is 6.10 Å². The van der Waals surface area contributed by atoms with Crippen molar-refractivity contribution in [2.75, 3.05) is 18.0 Å². The van der Waals surface area contributed by atoms with Crippen molar-refractivity contribution < 1.29 is 9.90 Å². The van der Waals surface area contributed by atoms with Crippen molar-refractivity contribution >= 4 is 22.5 Å². The quantitative estimate of drug-likeness (QED) is 0.618. The lowest BCUT2D eigenvalue weighted by molar-refractivity contribution is -0.118. The van der Waals surface area contributed by atoms with Crippen molar-refractivity contribution in [3.05, 3.63) is 64.3 Å². The second kappa shape index (κ2) is 8.38. The van der Waals surface area contributed by atoms with E-state index in [2.05, 4.69) is 48.0 Å². The zero-order valence-corrected chi connectivity index (χ0v) is 19.3. The lowest BCUT2D eigenvalue weighted by Crippen LogP contribution is -2.35. The third-order valence-electron chi connectivity index (χ3n) is 7.17. The fourth-order valence-corrected chi connectivity index (χ4v) is 5.52. The topological polar surface area (TPSA) is 59.6 Å².